The van der Waals surface area contributed by atoms with Crippen LogP contribution in [0.4, 0.5) is 0 Å². The van der Waals surface area contributed by atoms with Gasteiger partial charge in [0.2, 0.25) is 0 Å². The third-order valence-electron chi connectivity index (χ3n) is 4.57. The molecule has 1 atom stereocenters. The average Bonchev–Trinajstić information content (AvgIpc) is 2.91. The molecule has 5 heteroatoms. The molecule has 21 heavy (non-hydrogen) atoms. The van der Waals surface area contributed by atoms with Crippen molar-refractivity contribution in [2.24, 2.45) is 10.9 Å². The van der Waals surface area contributed by atoms with E-state index >= 15 is 0 Å². The number of nitrogens with zero attached hydrogens (tertiary/aromatic N) is 3. The number of nitrogens with one attached hydrogen (secondary N) is 1. The van der Waals surface area contributed by atoms with Gasteiger partial charge in [-0.15, -0.1) is 0 Å². The van der Waals surface area contributed by atoms with Crippen molar-refractivity contribution in [3.8, 4) is 0 Å². The summed E-state index contributed by atoms with van der Waals surface area (Å²) in [7, 11) is 0. The van der Waals surface area contributed by atoms with Crippen molar-refractivity contribution in [1.82, 2.24) is 15.1 Å². The first-order chi connectivity index (χ1) is 10.2. The molecule has 0 aromatic heterocycles. The summed E-state index contributed by atoms with van der Waals surface area (Å²) in [6.07, 6.45) is 4.48. The van der Waals surface area contributed by atoms with Crippen LogP contribution in [0, 0.1) is 5.92 Å². The Labute approximate surface area is 129 Å². The minimum atomic E-state index is -0.191. The fourth-order valence-corrected chi connectivity index (χ4v) is 3.12. The summed E-state index contributed by atoms with van der Waals surface area (Å²) in [6.45, 7) is 11.5. The number of rotatable bonds is 5. The zero-order valence-electron chi connectivity index (χ0n) is 13.7. The number of hydrogen-bond donors (Lipinski definition) is 2. The molecule has 5 nitrogen and oxygen atoms in total. The van der Waals surface area contributed by atoms with Gasteiger partial charge in [0.05, 0.1) is 6.10 Å². The maximum atomic E-state index is 9.65. The highest BCUT2D eigenvalue weighted by atomic mass is 16.3. The van der Waals surface area contributed by atoms with E-state index in [1.54, 1.807) is 0 Å². The Balaban J connectivity index is 1.70. The van der Waals surface area contributed by atoms with Crippen LogP contribution < -0.4 is 5.32 Å². The van der Waals surface area contributed by atoms with Gasteiger partial charge in [0, 0.05) is 26.2 Å². The van der Waals surface area contributed by atoms with Crippen LogP contribution in [0.1, 0.15) is 39.5 Å². The summed E-state index contributed by atoms with van der Waals surface area (Å²) in [4.78, 5) is 9.47. The largest absolute Gasteiger partial charge is 0.391 e. The monoisotopic (exact) mass is 296 g/mol. The normalized spacial score (nSPS) is 25.6. The Bertz CT molecular complexity index is 326. The third-order valence-corrected chi connectivity index (χ3v) is 4.57. The summed E-state index contributed by atoms with van der Waals surface area (Å²) in [5, 5.41) is 13.0. The van der Waals surface area contributed by atoms with Gasteiger partial charge in [0.1, 0.15) is 0 Å². The van der Waals surface area contributed by atoms with Gasteiger partial charge in [-0.1, -0.05) is 6.92 Å². The van der Waals surface area contributed by atoms with Gasteiger partial charge in [-0.2, -0.15) is 0 Å². The maximum absolute atomic E-state index is 9.65. The second kappa shape index (κ2) is 8.59. The number of β-amino-alcohol motifs (C(OH)–C–C–N with tert-alkyl or cyclic N) is 1. The minimum absolute atomic E-state index is 0.191. The van der Waals surface area contributed by atoms with E-state index in [1.165, 1.54) is 25.9 Å². The zero-order chi connectivity index (χ0) is 15.1. The molecule has 2 N–H and O–H groups in total. The first-order valence-corrected chi connectivity index (χ1v) is 8.62. The molecule has 0 bridgehead atoms. The first-order valence-electron chi connectivity index (χ1n) is 8.62. The molecule has 2 aliphatic heterocycles. The summed E-state index contributed by atoms with van der Waals surface area (Å²) < 4.78 is 0. The van der Waals surface area contributed by atoms with Gasteiger partial charge in [0.25, 0.3) is 0 Å². The van der Waals surface area contributed by atoms with Crippen molar-refractivity contribution < 1.29 is 5.11 Å². The molecule has 0 aliphatic carbocycles. The molecule has 122 valence electrons. The van der Waals surface area contributed by atoms with Gasteiger partial charge in [-0.25, -0.2) is 0 Å². The van der Waals surface area contributed by atoms with Crippen molar-refractivity contribution >= 4 is 5.96 Å². The Hall–Kier alpha value is -0.810. The standard InChI is InChI=1S/C16H32N4O/c1-3-17-16(20-12-7-15(21)13-20)18-8-4-9-19-10-5-14(2)6-11-19/h14-15,21H,3-13H2,1-2H3,(H,17,18)/t15-/m1/s1. The lowest BCUT2D eigenvalue weighted by atomic mass is 9.99. The van der Waals surface area contributed by atoms with Gasteiger partial charge in [-0.3, -0.25) is 4.99 Å². The number of likely N-dealkylation sites (tertiary alicyclic amines) is 2. The van der Waals surface area contributed by atoms with E-state index in [1.807, 2.05) is 0 Å². The highest BCUT2D eigenvalue weighted by molar-refractivity contribution is 5.80. The number of aliphatic hydroxyl groups excluding tert-OH is 1. The smallest absolute Gasteiger partial charge is 0.194 e. The molecule has 0 amide bonds. The zero-order valence-corrected chi connectivity index (χ0v) is 13.7. The molecule has 0 radical (unpaired) electrons. The Morgan fingerprint density at radius 2 is 2.00 bits per heavy atom. The van der Waals surface area contributed by atoms with E-state index < -0.39 is 0 Å². The first kappa shape index (κ1) is 16.6. The summed E-state index contributed by atoms with van der Waals surface area (Å²) in [5.41, 5.74) is 0. The fraction of sp³-hybridized carbons (Fsp3) is 0.938. The van der Waals surface area contributed by atoms with E-state index in [-0.39, 0.29) is 6.10 Å². The number of hydrogen-bond acceptors (Lipinski definition) is 3. The second-order valence-electron chi connectivity index (χ2n) is 6.50. The van der Waals surface area contributed by atoms with Crippen LogP contribution >= 0.6 is 0 Å². The average molecular weight is 296 g/mol. The van der Waals surface area contributed by atoms with Gasteiger partial charge in [-0.05, 0) is 58.2 Å². The Kier molecular flexibility index (Phi) is 6.77. The van der Waals surface area contributed by atoms with E-state index in [0.717, 1.165) is 57.4 Å². The van der Waals surface area contributed by atoms with Crippen molar-refractivity contribution in [2.45, 2.75) is 45.6 Å². The van der Waals surface area contributed by atoms with E-state index in [9.17, 15) is 5.11 Å². The maximum Gasteiger partial charge on any atom is 0.194 e. The molecular formula is C16H32N4O. The Morgan fingerprint density at radius 3 is 2.62 bits per heavy atom. The van der Waals surface area contributed by atoms with Crippen LogP contribution in [-0.2, 0) is 0 Å². The minimum Gasteiger partial charge on any atom is -0.391 e. The number of aliphatic imine (C=N–C) groups is 1. The van der Waals surface area contributed by atoms with Crippen LogP contribution in [0.2, 0.25) is 0 Å². The van der Waals surface area contributed by atoms with Crippen molar-refractivity contribution in [1.29, 1.82) is 0 Å². The van der Waals surface area contributed by atoms with Crippen LogP contribution in [0.15, 0.2) is 4.99 Å². The van der Waals surface area contributed by atoms with Crippen molar-refractivity contribution in [2.75, 3.05) is 45.8 Å². The molecule has 0 unspecified atom stereocenters. The molecule has 2 saturated heterocycles. The molecule has 2 heterocycles. The van der Waals surface area contributed by atoms with Crippen LogP contribution in [0.3, 0.4) is 0 Å². The quantitative estimate of drug-likeness (QED) is 0.454. The van der Waals surface area contributed by atoms with Crippen LogP contribution in [0.5, 0.6) is 0 Å². The molecule has 0 aromatic rings. The van der Waals surface area contributed by atoms with Crippen molar-refractivity contribution in [3.63, 3.8) is 0 Å². The predicted molar refractivity (Wildman–Crippen MR) is 87.6 cm³/mol. The number of aliphatic hydroxyl groups is 1. The summed E-state index contributed by atoms with van der Waals surface area (Å²) >= 11 is 0. The molecule has 0 spiro atoms. The van der Waals surface area contributed by atoms with Gasteiger partial charge >= 0.3 is 0 Å². The number of guanidine groups is 1. The predicted octanol–water partition coefficient (Wildman–Crippen LogP) is 1.14. The van der Waals surface area contributed by atoms with Crippen LogP contribution in [0.25, 0.3) is 0 Å². The van der Waals surface area contributed by atoms with E-state index in [2.05, 4.69) is 29.0 Å². The summed E-state index contributed by atoms with van der Waals surface area (Å²) in [5.74, 6) is 1.88. The summed E-state index contributed by atoms with van der Waals surface area (Å²) in [6, 6.07) is 0. The molecule has 2 aliphatic rings. The fourth-order valence-electron chi connectivity index (χ4n) is 3.12. The van der Waals surface area contributed by atoms with E-state index in [0.29, 0.717) is 0 Å². The Morgan fingerprint density at radius 1 is 1.24 bits per heavy atom. The van der Waals surface area contributed by atoms with Gasteiger partial charge < -0.3 is 20.2 Å². The molecular weight excluding hydrogens is 264 g/mol. The SMILES string of the molecule is CCNC(=NCCCN1CCC(C)CC1)N1CC[C@@H](O)C1. The molecule has 2 fully saturated rings. The molecule has 0 saturated carbocycles. The van der Waals surface area contributed by atoms with E-state index in [4.69, 9.17) is 4.99 Å². The third kappa shape index (κ3) is 5.47. The second-order valence-corrected chi connectivity index (χ2v) is 6.50. The lowest BCUT2D eigenvalue weighted by Gasteiger charge is -2.30. The highest BCUT2D eigenvalue weighted by Crippen LogP contribution is 2.15. The lowest BCUT2D eigenvalue weighted by Crippen LogP contribution is -2.40. The topological polar surface area (TPSA) is 51.1 Å². The molecule has 2 rings (SSSR count). The highest BCUT2D eigenvalue weighted by Gasteiger charge is 2.22. The van der Waals surface area contributed by atoms with Gasteiger partial charge in [0.15, 0.2) is 5.96 Å². The number of piperidine rings is 1. The van der Waals surface area contributed by atoms with Crippen LogP contribution in [-0.4, -0.2) is 72.8 Å². The lowest BCUT2D eigenvalue weighted by molar-refractivity contribution is 0.187. The van der Waals surface area contributed by atoms with Crippen molar-refractivity contribution in [3.05, 3.63) is 0 Å². The molecule has 0 aromatic carbocycles.